The highest BCUT2D eigenvalue weighted by Gasteiger charge is 2.34. The highest BCUT2D eigenvalue weighted by atomic mass is 16.3. The number of aliphatic hydroxyl groups is 1. The Labute approximate surface area is 114 Å². The zero-order valence-electron chi connectivity index (χ0n) is 11.7. The third kappa shape index (κ3) is 2.46. The normalized spacial score (nSPS) is 24.3. The van der Waals surface area contributed by atoms with Crippen LogP contribution in [0.25, 0.3) is 0 Å². The molecule has 0 amide bonds. The van der Waals surface area contributed by atoms with Gasteiger partial charge in [0.15, 0.2) is 0 Å². The smallest absolute Gasteiger partial charge is 0.225 e. The Bertz CT molecular complexity index is 443. The van der Waals surface area contributed by atoms with Crippen LogP contribution in [-0.4, -0.2) is 27.7 Å². The number of anilines is 1. The molecule has 1 N–H and O–H groups in total. The van der Waals surface area contributed by atoms with Crippen molar-refractivity contribution in [3.8, 4) is 0 Å². The zero-order valence-corrected chi connectivity index (χ0v) is 11.7. The van der Waals surface area contributed by atoms with Crippen LogP contribution in [0.5, 0.6) is 0 Å². The number of aromatic nitrogens is 2. The van der Waals surface area contributed by atoms with Gasteiger partial charge in [-0.05, 0) is 38.5 Å². The van der Waals surface area contributed by atoms with E-state index in [1.807, 2.05) is 6.92 Å². The van der Waals surface area contributed by atoms with Gasteiger partial charge in [0.2, 0.25) is 5.95 Å². The molecule has 1 aromatic rings. The molecule has 1 aliphatic heterocycles. The van der Waals surface area contributed by atoms with E-state index in [2.05, 4.69) is 14.9 Å². The Morgan fingerprint density at radius 1 is 1.26 bits per heavy atom. The SMILES string of the molecule is Cc1nc(N2CCCC2C2CCCC2)ncc1CO. The van der Waals surface area contributed by atoms with Crippen molar-refractivity contribution in [1.82, 2.24) is 9.97 Å². The van der Waals surface area contributed by atoms with E-state index in [4.69, 9.17) is 0 Å². The number of nitrogens with zero attached hydrogens (tertiary/aromatic N) is 3. The fourth-order valence-corrected chi connectivity index (χ4v) is 3.65. The molecule has 19 heavy (non-hydrogen) atoms. The van der Waals surface area contributed by atoms with E-state index in [1.54, 1.807) is 6.20 Å². The number of hydrogen-bond acceptors (Lipinski definition) is 4. The Morgan fingerprint density at radius 3 is 2.74 bits per heavy atom. The van der Waals surface area contributed by atoms with Gasteiger partial charge in [-0.3, -0.25) is 0 Å². The van der Waals surface area contributed by atoms with Crippen LogP contribution in [0.1, 0.15) is 49.8 Å². The lowest BCUT2D eigenvalue weighted by molar-refractivity contribution is 0.280. The van der Waals surface area contributed by atoms with Crippen LogP contribution >= 0.6 is 0 Å². The van der Waals surface area contributed by atoms with Crippen LogP contribution in [0.2, 0.25) is 0 Å². The van der Waals surface area contributed by atoms with Gasteiger partial charge in [-0.15, -0.1) is 0 Å². The Morgan fingerprint density at radius 2 is 2.05 bits per heavy atom. The molecule has 1 aliphatic carbocycles. The number of hydrogen-bond donors (Lipinski definition) is 1. The summed E-state index contributed by atoms with van der Waals surface area (Å²) < 4.78 is 0. The van der Waals surface area contributed by atoms with Crippen LogP contribution in [0.4, 0.5) is 5.95 Å². The predicted molar refractivity (Wildman–Crippen MR) is 75.0 cm³/mol. The molecule has 1 atom stereocenters. The first kappa shape index (κ1) is 12.9. The lowest BCUT2D eigenvalue weighted by Crippen LogP contribution is -2.36. The molecule has 2 fully saturated rings. The highest BCUT2D eigenvalue weighted by Crippen LogP contribution is 2.36. The molecule has 4 nitrogen and oxygen atoms in total. The van der Waals surface area contributed by atoms with Gasteiger partial charge in [0.1, 0.15) is 0 Å². The van der Waals surface area contributed by atoms with Crippen molar-refractivity contribution in [2.45, 2.75) is 58.1 Å². The van der Waals surface area contributed by atoms with Crippen molar-refractivity contribution in [2.24, 2.45) is 5.92 Å². The maximum atomic E-state index is 9.21. The van der Waals surface area contributed by atoms with Gasteiger partial charge in [-0.1, -0.05) is 12.8 Å². The molecular weight excluding hydrogens is 238 g/mol. The Kier molecular flexibility index (Phi) is 3.69. The maximum absolute atomic E-state index is 9.21. The van der Waals surface area contributed by atoms with Gasteiger partial charge < -0.3 is 10.0 Å². The first-order valence-corrected chi connectivity index (χ1v) is 7.49. The van der Waals surface area contributed by atoms with Crippen molar-refractivity contribution in [1.29, 1.82) is 0 Å². The summed E-state index contributed by atoms with van der Waals surface area (Å²) in [6.07, 6.45) is 9.84. The minimum Gasteiger partial charge on any atom is -0.392 e. The van der Waals surface area contributed by atoms with E-state index in [-0.39, 0.29) is 6.61 Å². The number of rotatable bonds is 3. The first-order valence-electron chi connectivity index (χ1n) is 7.49. The average molecular weight is 261 g/mol. The summed E-state index contributed by atoms with van der Waals surface area (Å²) in [4.78, 5) is 11.5. The largest absolute Gasteiger partial charge is 0.392 e. The van der Waals surface area contributed by atoms with Gasteiger partial charge in [0.05, 0.1) is 6.61 Å². The van der Waals surface area contributed by atoms with Crippen molar-refractivity contribution in [3.63, 3.8) is 0 Å². The second-order valence-electron chi connectivity index (χ2n) is 5.89. The number of aryl methyl sites for hydroxylation is 1. The van der Waals surface area contributed by atoms with Gasteiger partial charge in [-0.2, -0.15) is 0 Å². The lowest BCUT2D eigenvalue weighted by Gasteiger charge is -2.29. The first-order chi connectivity index (χ1) is 9.29. The quantitative estimate of drug-likeness (QED) is 0.908. The van der Waals surface area contributed by atoms with E-state index in [9.17, 15) is 5.11 Å². The van der Waals surface area contributed by atoms with Crippen LogP contribution < -0.4 is 4.90 Å². The van der Waals surface area contributed by atoms with E-state index >= 15 is 0 Å². The molecule has 0 spiro atoms. The van der Waals surface area contributed by atoms with E-state index < -0.39 is 0 Å². The minimum absolute atomic E-state index is 0.0260. The summed E-state index contributed by atoms with van der Waals surface area (Å²) in [5.41, 5.74) is 1.74. The summed E-state index contributed by atoms with van der Waals surface area (Å²) >= 11 is 0. The molecule has 3 rings (SSSR count). The van der Waals surface area contributed by atoms with Crippen LogP contribution in [0.15, 0.2) is 6.20 Å². The predicted octanol–water partition coefficient (Wildman–Crippen LogP) is 2.44. The molecule has 1 saturated heterocycles. The van der Waals surface area contributed by atoms with Gasteiger partial charge in [0.25, 0.3) is 0 Å². The van der Waals surface area contributed by atoms with Crippen molar-refractivity contribution >= 4 is 5.95 Å². The highest BCUT2D eigenvalue weighted by molar-refractivity contribution is 5.36. The molecular formula is C15H23N3O. The molecule has 1 saturated carbocycles. The van der Waals surface area contributed by atoms with E-state index in [1.165, 1.54) is 38.5 Å². The molecule has 1 aromatic heterocycles. The number of aliphatic hydroxyl groups excluding tert-OH is 1. The Hall–Kier alpha value is -1.16. The standard InChI is InChI=1S/C15H23N3O/c1-11-13(10-19)9-16-15(17-11)18-8-4-7-14(18)12-5-2-3-6-12/h9,12,14,19H,2-8,10H2,1H3. The molecule has 104 valence electrons. The average Bonchev–Trinajstić information content (AvgIpc) is 3.09. The van der Waals surface area contributed by atoms with Crippen LogP contribution in [-0.2, 0) is 6.61 Å². The molecule has 2 aliphatic rings. The van der Waals surface area contributed by atoms with Gasteiger partial charge >= 0.3 is 0 Å². The fraction of sp³-hybridized carbons (Fsp3) is 0.733. The lowest BCUT2D eigenvalue weighted by atomic mass is 9.96. The topological polar surface area (TPSA) is 49.2 Å². The van der Waals surface area contributed by atoms with Crippen molar-refractivity contribution in [3.05, 3.63) is 17.5 Å². The van der Waals surface area contributed by atoms with E-state index in [0.717, 1.165) is 29.7 Å². The van der Waals surface area contributed by atoms with Crippen LogP contribution in [0, 0.1) is 12.8 Å². The van der Waals surface area contributed by atoms with E-state index in [0.29, 0.717) is 6.04 Å². The maximum Gasteiger partial charge on any atom is 0.225 e. The summed E-state index contributed by atoms with van der Waals surface area (Å²) in [6.45, 7) is 3.06. The van der Waals surface area contributed by atoms with Gasteiger partial charge in [0, 0.05) is 30.0 Å². The second kappa shape index (κ2) is 5.45. The molecule has 0 radical (unpaired) electrons. The second-order valence-corrected chi connectivity index (χ2v) is 5.89. The minimum atomic E-state index is 0.0260. The summed E-state index contributed by atoms with van der Waals surface area (Å²) in [7, 11) is 0. The third-order valence-electron chi connectivity index (χ3n) is 4.74. The monoisotopic (exact) mass is 261 g/mol. The molecule has 0 bridgehead atoms. The molecule has 0 aromatic carbocycles. The van der Waals surface area contributed by atoms with Crippen molar-refractivity contribution in [2.75, 3.05) is 11.4 Å². The molecule has 1 unspecified atom stereocenters. The Balaban J connectivity index is 1.81. The van der Waals surface area contributed by atoms with Gasteiger partial charge in [-0.25, -0.2) is 9.97 Å². The zero-order chi connectivity index (χ0) is 13.2. The summed E-state index contributed by atoms with van der Waals surface area (Å²) in [5, 5.41) is 9.21. The van der Waals surface area contributed by atoms with Crippen molar-refractivity contribution < 1.29 is 5.11 Å². The third-order valence-corrected chi connectivity index (χ3v) is 4.74. The molecule has 2 heterocycles. The summed E-state index contributed by atoms with van der Waals surface area (Å²) in [6, 6.07) is 0.641. The van der Waals surface area contributed by atoms with Crippen LogP contribution in [0.3, 0.4) is 0 Å². The molecule has 4 heteroatoms. The summed E-state index contributed by atoms with van der Waals surface area (Å²) in [5.74, 6) is 1.70. The fourth-order valence-electron chi connectivity index (χ4n) is 3.65.